The van der Waals surface area contributed by atoms with Crippen LogP contribution in [0.5, 0.6) is 0 Å². The highest BCUT2D eigenvalue weighted by atomic mass is 79.9. The lowest BCUT2D eigenvalue weighted by Crippen LogP contribution is -2.15. The van der Waals surface area contributed by atoms with Crippen molar-refractivity contribution < 1.29 is 21.6 Å². The molecular formula is C13H8BrClF3NO2S. The summed E-state index contributed by atoms with van der Waals surface area (Å²) in [4.78, 5) is -0.511. The normalized spacial score (nSPS) is 12.2. The summed E-state index contributed by atoms with van der Waals surface area (Å²) in [5.74, 6) is 0. The lowest BCUT2D eigenvalue weighted by Gasteiger charge is -2.13. The minimum Gasteiger partial charge on any atom is -0.278 e. The number of hydrogen-bond acceptors (Lipinski definition) is 2. The van der Waals surface area contributed by atoms with Crippen molar-refractivity contribution in [2.45, 2.75) is 11.1 Å². The largest absolute Gasteiger partial charge is 0.417 e. The van der Waals surface area contributed by atoms with Crippen LogP contribution in [0.25, 0.3) is 0 Å². The molecule has 0 radical (unpaired) electrons. The van der Waals surface area contributed by atoms with Gasteiger partial charge in [-0.3, -0.25) is 4.72 Å². The van der Waals surface area contributed by atoms with Crippen molar-refractivity contribution in [3.05, 3.63) is 57.5 Å². The first kappa shape index (κ1) is 17.1. The van der Waals surface area contributed by atoms with E-state index in [1.165, 1.54) is 12.1 Å². The van der Waals surface area contributed by atoms with E-state index in [4.69, 9.17) is 11.6 Å². The van der Waals surface area contributed by atoms with Gasteiger partial charge < -0.3 is 0 Å². The number of anilines is 1. The van der Waals surface area contributed by atoms with Gasteiger partial charge in [-0.25, -0.2) is 8.42 Å². The number of hydrogen-bond donors (Lipinski definition) is 1. The maximum absolute atomic E-state index is 12.8. The van der Waals surface area contributed by atoms with Crippen LogP contribution in [-0.4, -0.2) is 8.42 Å². The summed E-state index contributed by atoms with van der Waals surface area (Å²) in [6.45, 7) is 0. The Morgan fingerprint density at radius 2 is 1.73 bits per heavy atom. The quantitative estimate of drug-likeness (QED) is 0.775. The van der Waals surface area contributed by atoms with E-state index in [0.29, 0.717) is 6.07 Å². The fraction of sp³-hybridized carbons (Fsp3) is 0.0769. The molecule has 0 aliphatic heterocycles. The van der Waals surface area contributed by atoms with E-state index in [1.807, 2.05) is 0 Å². The van der Waals surface area contributed by atoms with E-state index < -0.39 is 26.7 Å². The van der Waals surface area contributed by atoms with Crippen LogP contribution < -0.4 is 4.72 Å². The van der Waals surface area contributed by atoms with Crippen molar-refractivity contribution in [3.63, 3.8) is 0 Å². The summed E-state index contributed by atoms with van der Waals surface area (Å²) in [6, 6.07) is 8.67. The van der Waals surface area contributed by atoms with Gasteiger partial charge in [0.15, 0.2) is 0 Å². The van der Waals surface area contributed by atoms with Gasteiger partial charge in [-0.2, -0.15) is 13.2 Å². The van der Waals surface area contributed by atoms with E-state index in [2.05, 4.69) is 20.7 Å². The molecule has 0 aromatic heterocycles. The molecule has 0 saturated heterocycles. The molecule has 9 heteroatoms. The zero-order chi connectivity index (χ0) is 16.5. The van der Waals surface area contributed by atoms with Crippen LogP contribution in [0.15, 0.2) is 51.8 Å². The molecular weight excluding hydrogens is 407 g/mol. The summed E-state index contributed by atoms with van der Waals surface area (Å²) in [7, 11) is -4.19. The van der Waals surface area contributed by atoms with E-state index in [9.17, 15) is 21.6 Å². The lowest BCUT2D eigenvalue weighted by atomic mass is 10.2. The molecule has 0 fully saturated rings. The monoisotopic (exact) mass is 413 g/mol. The first-order valence-corrected chi connectivity index (χ1v) is 8.41. The van der Waals surface area contributed by atoms with Gasteiger partial charge in [0.1, 0.15) is 0 Å². The van der Waals surface area contributed by atoms with Gasteiger partial charge in [-0.05, 0) is 30.3 Å². The van der Waals surface area contributed by atoms with Crippen LogP contribution in [0.1, 0.15) is 5.56 Å². The average molecular weight is 415 g/mol. The van der Waals surface area contributed by atoms with Crippen molar-refractivity contribution in [3.8, 4) is 0 Å². The fourth-order valence-electron chi connectivity index (χ4n) is 1.64. The molecule has 0 aliphatic rings. The highest BCUT2D eigenvalue weighted by Crippen LogP contribution is 2.36. The van der Waals surface area contributed by atoms with Gasteiger partial charge in [0.2, 0.25) is 0 Å². The summed E-state index contributed by atoms with van der Waals surface area (Å²) in [6.07, 6.45) is -4.67. The third-order valence-electron chi connectivity index (χ3n) is 2.67. The molecule has 0 amide bonds. The molecule has 0 bridgehead atoms. The summed E-state index contributed by atoms with van der Waals surface area (Å²) in [5.41, 5.74) is -0.991. The van der Waals surface area contributed by atoms with E-state index in [0.717, 1.165) is 12.1 Å². The van der Waals surface area contributed by atoms with Crippen LogP contribution in [-0.2, 0) is 16.2 Å². The van der Waals surface area contributed by atoms with Crippen molar-refractivity contribution in [2.24, 2.45) is 0 Å². The number of rotatable bonds is 3. The van der Waals surface area contributed by atoms with Gasteiger partial charge in [0.25, 0.3) is 10.0 Å². The zero-order valence-corrected chi connectivity index (χ0v) is 13.8. The molecule has 118 valence electrons. The Labute approximate surface area is 138 Å². The van der Waals surface area contributed by atoms with Gasteiger partial charge in [0, 0.05) is 4.47 Å². The maximum Gasteiger partial charge on any atom is 0.417 e. The van der Waals surface area contributed by atoms with Gasteiger partial charge >= 0.3 is 6.18 Å². The Hall–Kier alpha value is -1.25. The van der Waals surface area contributed by atoms with E-state index in [-0.39, 0.29) is 15.2 Å². The second-order valence-corrected chi connectivity index (χ2v) is 7.17. The molecule has 0 unspecified atom stereocenters. The van der Waals surface area contributed by atoms with Crippen LogP contribution in [0.3, 0.4) is 0 Å². The Balaban J connectivity index is 2.45. The number of halogens is 5. The molecule has 2 aromatic carbocycles. The first-order chi connectivity index (χ1) is 10.1. The highest BCUT2D eigenvalue weighted by molar-refractivity contribution is 9.10. The molecule has 0 heterocycles. The minimum absolute atomic E-state index is 0.0839. The number of para-hydroxylation sites is 1. The lowest BCUT2D eigenvalue weighted by molar-refractivity contribution is -0.138. The zero-order valence-electron chi connectivity index (χ0n) is 10.7. The van der Waals surface area contributed by atoms with E-state index in [1.54, 1.807) is 12.1 Å². The summed E-state index contributed by atoms with van der Waals surface area (Å²) in [5, 5.41) is 0.138. The molecule has 0 aliphatic carbocycles. The number of alkyl halides is 3. The number of nitrogens with one attached hydrogen (secondary N) is 1. The first-order valence-electron chi connectivity index (χ1n) is 5.75. The van der Waals surface area contributed by atoms with E-state index >= 15 is 0 Å². The molecule has 22 heavy (non-hydrogen) atoms. The third kappa shape index (κ3) is 3.74. The topological polar surface area (TPSA) is 46.2 Å². The maximum atomic E-state index is 12.8. The third-order valence-corrected chi connectivity index (χ3v) is 5.06. The number of sulfonamides is 1. The van der Waals surface area contributed by atoms with Gasteiger partial charge in [-0.15, -0.1) is 0 Å². The predicted octanol–water partition coefficient (Wildman–Crippen LogP) is 4.92. The molecule has 2 aromatic rings. The molecule has 3 nitrogen and oxygen atoms in total. The molecule has 2 rings (SSSR count). The number of benzene rings is 2. The van der Waals surface area contributed by atoms with Crippen molar-refractivity contribution in [2.75, 3.05) is 4.72 Å². The summed E-state index contributed by atoms with van der Waals surface area (Å²) >= 11 is 8.59. The van der Waals surface area contributed by atoms with Crippen molar-refractivity contribution in [1.29, 1.82) is 0 Å². The van der Waals surface area contributed by atoms with Crippen LogP contribution in [0, 0.1) is 0 Å². The Kier molecular flexibility index (Phi) is 4.74. The Morgan fingerprint density at radius 3 is 2.32 bits per heavy atom. The minimum atomic E-state index is -4.67. The van der Waals surface area contributed by atoms with Crippen LogP contribution in [0.4, 0.5) is 18.9 Å². The van der Waals surface area contributed by atoms with Crippen LogP contribution >= 0.6 is 27.5 Å². The Morgan fingerprint density at radius 1 is 1.09 bits per heavy atom. The van der Waals surface area contributed by atoms with Crippen molar-refractivity contribution in [1.82, 2.24) is 0 Å². The molecule has 0 spiro atoms. The Bertz CT molecular complexity index is 809. The second-order valence-electron chi connectivity index (χ2n) is 4.22. The second kappa shape index (κ2) is 6.10. The highest BCUT2D eigenvalue weighted by Gasteiger charge is 2.34. The van der Waals surface area contributed by atoms with Crippen molar-refractivity contribution >= 4 is 43.2 Å². The molecule has 0 atom stereocenters. The van der Waals surface area contributed by atoms with Crippen LogP contribution in [0.2, 0.25) is 5.02 Å². The standard InChI is InChI=1S/C13H8BrClF3NO2S/c14-10-6-5-8(7-9(10)13(16,17)18)22(20,21)19-12-4-2-1-3-11(12)15/h1-7,19H. The predicted molar refractivity (Wildman–Crippen MR) is 81.4 cm³/mol. The SMILES string of the molecule is O=S(=O)(Nc1ccccc1Cl)c1ccc(Br)c(C(F)(F)F)c1. The molecule has 0 saturated carbocycles. The van der Waals surface area contributed by atoms with Gasteiger partial charge in [0.05, 0.1) is 21.2 Å². The smallest absolute Gasteiger partial charge is 0.278 e. The average Bonchev–Trinajstić information content (AvgIpc) is 2.40. The van der Waals surface area contributed by atoms with Gasteiger partial charge in [-0.1, -0.05) is 39.7 Å². The summed E-state index contributed by atoms with van der Waals surface area (Å²) < 4.78 is 64.8. The molecule has 1 N–H and O–H groups in total. The fourth-order valence-corrected chi connectivity index (χ4v) is 3.45.